The lowest BCUT2D eigenvalue weighted by Gasteiger charge is -2.35. The lowest BCUT2D eigenvalue weighted by Crippen LogP contribution is -2.29. The van der Waals surface area contributed by atoms with Gasteiger partial charge in [0.05, 0.1) is 11.5 Å². The molecule has 19 heavy (non-hydrogen) atoms. The molecule has 0 aliphatic carbocycles. The van der Waals surface area contributed by atoms with E-state index in [1.807, 2.05) is 37.3 Å². The Labute approximate surface area is 118 Å². The molecule has 0 saturated carbocycles. The Morgan fingerprint density at radius 3 is 2.16 bits per heavy atom. The second kappa shape index (κ2) is 6.26. The van der Waals surface area contributed by atoms with Crippen LogP contribution in [0.4, 0.5) is 0 Å². The van der Waals surface area contributed by atoms with Gasteiger partial charge in [-0.1, -0.05) is 63.9 Å². The fourth-order valence-corrected chi connectivity index (χ4v) is 2.60. The standard InChI is InChI=1S/C18H26O/c1-6-7-13-18(5,14-17(2,3)4)16(19)15-11-9-8-10-12-15/h8-12,16,19H,6,14H2,1-5H3. The van der Waals surface area contributed by atoms with Crippen LogP contribution >= 0.6 is 0 Å². The zero-order chi connectivity index (χ0) is 14.5. The molecule has 0 fully saturated rings. The fraction of sp³-hybridized carbons (Fsp3) is 0.556. The highest BCUT2D eigenvalue weighted by Crippen LogP contribution is 2.42. The van der Waals surface area contributed by atoms with Gasteiger partial charge >= 0.3 is 0 Å². The molecule has 0 aliphatic rings. The van der Waals surface area contributed by atoms with Crippen LogP contribution in [0.2, 0.25) is 0 Å². The number of benzene rings is 1. The van der Waals surface area contributed by atoms with E-state index >= 15 is 0 Å². The summed E-state index contributed by atoms with van der Waals surface area (Å²) in [6.07, 6.45) is 1.14. The summed E-state index contributed by atoms with van der Waals surface area (Å²) < 4.78 is 0. The molecule has 0 radical (unpaired) electrons. The van der Waals surface area contributed by atoms with Gasteiger partial charge in [0.25, 0.3) is 0 Å². The molecule has 1 aromatic rings. The van der Waals surface area contributed by atoms with Gasteiger partial charge in [0, 0.05) is 6.42 Å². The first kappa shape index (κ1) is 15.8. The van der Waals surface area contributed by atoms with Gasteiger partial charge in [-0.15, -0.1) is 5.92 Å². The molecule has 1 rings (SSSR count). The molecule has 2 atom stereocenters. The van der Waals surface area contributed by atoms with Crippen molar-refractivity contribution in [3.63, 3.8) is 0 Å². The highest BCUT2D eigenvalue weighted by Gasteiger charge is 2.36. The third kappa shape index (κ3) is 4.73. The van der Waals surface area contributed by atoms with E-state index in [1.165, 1.54) is 0 Å². The fourth-order valence-electron chi connectivity index (χ4n) is 2.60. The zero-order valence-corrected chi connectivity index (χ0v) is 12.8. The SMILES string of the molecule is CCC#CC(C)(CC(C)(C)C)C(O)c1ccccc1. The van der Waals surface area contributed by atoms with Crippen molar-refractivity contribution in [1.82, 2.24) is 0 Å². The Bertz CT molecular complexity index is 444. The molecule has 0 aliphatic heterocycles. The van der Waals surface area contributed by atoms with E-state index in [0.29, 0.717) is 0 Å². The molecular weight excluding hydrogens is 232 g/mol. The van der Waals surface area contributed by atoms with Gasteiger partial charge in [0.1, 0.15) is 0 Å². The number of rotatable bonds is 3. The molecule has 0 amide bonds. The van der Waals surface area contributed by atoms with Crippen molar-refractivity contribution >= 4 is 0 Å². The molecule has 0 saturated heterocycles. The van der Waals surface area contributed by atoms with Gasteiger partial charge in [-0.2, -0.15) is 0 Å². The van der Waals surface area contributed by atoms with Gasteiger partial charge in [-0.3, -0.25) is 0 Å². The van der Waals surface area contributed by atoms with Gasteiger partial charge < -0.3 is 5.11 Å². The molecule has 1 heteroatoms. The largest absolute Gasteiger partial charge is 0.387 e. The van der Waals surface area contributed by atoms with Crippen LogP contribution < -0.4 is 0 Å². The predicted molar refractivity (Wildman–Crippen MR) is 81.6 cm³/mol. The normalized spacial score (nSPS) is 16.1. The summed E-state index contributed by atoms with van der Waals surface area (Å²) >= 11 is 0. The Balaban J connectivity index is 3.10. The van der Waals surface area contributed by atoms with E-state index in [1.54, 1.807) is 0 Å². The zero-order valence-electron chi connectivity index (χ0n) is 12.8. The Kier molecular flexibility index (Phi) is 5.20. The summed E-state index contributed by atoms with van der Waals surface area (Å²) in [5.74, 6) is 6.45. The maximum Gasteiger partial charge on any atom is 0.0952 e. The number of aliphatic hydroxyl groups is 1. The molecule has 2 unspecified atom stereocenters. The van der Waals surface area contributed by atoms with Crippen molar-refractivity contribution in [2.45, 2.75) is 53.6 Å². The maximum absolute atomic E-state index is 10.7. The molecule has 1 N–H and O–H groups in total. The molecule has 0 bridgehead atoms. The summed E-state index contributed by atoms with van der Waals surface area (Å²) in [4.78, 5) is 0. The third-order valence-corrected chi connectivity index (χ3v) is 3.17. The summed E-state index contributed by atoms with van der Waals surface area (Å²) in [6, 6.07) is 9.83. The van der Waals surface area contributed by atoms with Gasteiger partial charge in [0.2, 0.25) is 0 Å². The van der Waals surface area contributed by atoms with Crippen LogP contribution in [0.3, 0.4) is 0 Å². The summed E-state index contributed by atoms with van der Waals surface area (Å²) in [5, 5.41) is 10.7. The first-order valence-electron chi connectivity index (χ1n) is 7.01. The average Bonchev–Trinajstić information content (AvgIpc) is 2.34. The minimum absolute atomic E-state index is 0.132. The molecule has 104 valence electrons. The quantitative estimate of drug-likeness (QED) is 0.787. The van der Waals surface area contributed by atoms with Crippen LogP contribution in [-0.2, 0) is 0 Å². The molecule has 1 aromatic carbocycles. The highest BCUT2D eigenvalue weighted by atomic mass is 16.3. The number of hydrogen-bond acceptors (Lipinski definition) is 1. The van der Waals surface area contributed by atoms with Gasteiger partial charge in [-0.25, -0.2) is 0 Å². The van der Waals surface area contributed by atoms with Crippen LogP contribution in [0.15, 0.2) is 30.3 Å². The first-order valence-corrected chi connectivity index (χ1v) is 7.01. The topological polar surface area (TPSA) is 20.2 Å². The lowest BCUT2D eigenvalue weighted by atomic mass is 9.70. The number of hydrogen-bond donors (Lipinski definition) is 1. The smallest absolute Gasteiger partial charge is 0.0952 e. The van der Waals surface area contributed by atoms with Crippen LogP contribution in [0, 0.1) is 22.7 Å². The Hall–Kier alpha value is -1.26. The third-order valence-electron chi connectivity index (χ3n) is 3.17. The average molecular weight is 258 g/mol. The van der Waals surface area contributed by atoms with E-state index in [4.69, 9.17) is 0 Å². The molecular formula is C18H26O. The molecule has 1 nitrogen and oxygen atoms in total. The number of aliphatic hydroxyl groups excluding tert-OH is 1. The first-order chi connectivity index (χ1) is 8.78. The summed E-state index contributed by atoms with van der Waals surface area (Å²) in [7, 11) is 0. The van der Waals surface area contributed by atoms with Crippen molar-refractivity contribution in [3.8, 4) is 11.8 Å². The van der Waals surface area contributed by atoms with Crippen molar-refractivity contribution in [1.29, 1.82) is 0 Å². The van der Waals surface area contributed by atoms with E-state index in [-0.39, 0.29) is 5.41 Å². The Morgan fingerprint density at radius 2 is 1.68 bits per heavy atom. The van der Waals surface area contributed by atoms with Gasteiger partial charge in [0.15, 0.2) is 0 Å². The summed E-state index contributed by atoms with van der Waals surface area (Å²) in [6.45, 7) is 10.7. The van der Waals surface area contributed by atoms with Crippen molar-refractivity contribution in [2.75, 3.05) is 0 Å². The van der Waals surface area contributed by atoms with E-state index in [2.05, 4.69) is 39.5 Å². The van der Waals surface area contributed by atoms with Crippen molar-refractivity contribution in [3.05, 3.63) is 35.9 Å². The van der Waals surface area contributed by atoms with Crippen molar-refractivity contribution < 1.29 is 5.11 Å². The van der Waals surface area contributed by atoms with Crippen LogP contribution in [0.5, 0.6) is 0 Å². The molecule has 0 heterocycles. The Morgan fingerprint density at radius 1 is 1.11 bits per heavy atom. The monoisotopic (exact) mass is 258 g/mol. The van der Waals surface area contributed by atoms with Gasteiger partial charge in [-0.05, 0) is 24.3 Å². The molecule has 0 aromatic heterocycles. The highest BCUT2D eigenvalue weighted by molar-refractivity contribution is 5.25. The van der Waals surface area contributed by atoms with E-state index in [9.17, 15) is 5.11 Å². The minimum atomic E-state index is -0.549. The van der Waals surface area contributed by atoms with E-state index in [0.717, 1.165) is 18.4 Å². The van der Waals surface area contributed by atoms with Crippen LogP contribution in [0.1, 0.15) is 59.1 Å². The van der Waals surface area contributed by atoms with Crippen LogP contribution in [0.25, 0.3) is 0 Å². The van der Waals surface area contributed by atoms with E-state index < -0.39 is 11.5 Å². The second-order valence-corrected chi connectivity index (χ2v) is 6.62. The molecule has 0 spiro atoms. The maximum atomic E-state index is 10.7. The van der Waals surface area contributed by atoms with Crippen LogP contribution in [-0.4, -0.2) is 5.11 Å². The predicted octanol–water partition coefficient (Wildman–Crippen LogP) is 4.58. The lowest BCUT2D eigenvalue weighted by molar-refractivity contribution is 0.0471. The minimum Gasteiger partial charge on any atom is -0.387 e. The summed E-state index contributed by atoms with van der Waals surface area (Å²) in [5.41, 5.74) is 0.669. The second-order valence-electron chi connectivity index (χ2n) is 6.62. The van der Waals surface area contributed by atoms with Crippen molar-refractivity contribution in [2.24, 2.45) is 10.8 Å².